The van der Waals surface area contributed by atoms with E-state index in [1.54, 1.807) is 0 Å². The molecule has 0 fully saturated rings. The SMILES string of the molecule is CCOC(=O)c1cc2ccc(C)cc2n1Cc1cccc(C)c1. The summed E-state index contributed by atoms with van der Waals surface area (Å²) in [7, 11) is 0. The Labute approximate surface area is 136 Å². The van der Waals surface area contributed by atoms with Crippen molar-refractivity contribution < 1.29 is 9.53 Å². The van der Waals surface area contributed by atoms with E-state index in [0.717, 1.165) is 10.9 Å². The number of fused-ring (bicyclic) bond motifs is 1. The second-order valence-corrected chi connectivity index (χ2v) is 5.89. The summed E-state index contributed by atoms with van der Waals surface area (Å²) in [5.74, 6) is -0.269. The summed E-state index contributed by atoms with van der Waals surface area (Å²) in [6.45, 7) is 7.00. The zero-order valence-corrected chi connectivity index (χ0v) is 13.8. The third-order valence-corrected chi connectivity index (χ3v) is 3.97. The van der Waals surface area contributed by atoms with Crippen LogP contribution in [0.15, 0.2) is 48.5 Å². The molecule has 0 saturated heterocycles. The highest BCUT2D eigenvalue weighted by molar-refractivity contribution is 5.96. The van der Waals surface area contributed by atoms with Crippen LogP contribution in [0.4, 0.5) is 0 Å². The minimum absolute atomic E-state index is 0.269. The standard InChI is InChI=1S/C20H21NO2/c1-4-23-20(22)19-12-17-9-8-15(3)11-18(17)21(19)13-16-7-5-6-14(2)10-16/h5-12H,4,13H2,1-3H3. The van der Waals surface area contributed by atoms with Crippen molar-refractivity contribution in [3.05, 3.63) is 70.9 Å². The molecule has 0 aliphatic rings. The molecular weight excluding hydrogens is 286 g/mol. The van der Waals surface area contributed by atoms with Gasteiger partial charge in [-0.05, 0) is 44.0 Å². The molecule has 0 saturated carbocycles. The van der Waals surface area contributed by atoms with Gasteiger partial charge in [0.25, 0.3) is 0 Å². The molecule has 0 radical (unpaired) electrons. The Morgan fingerprint density at radius 1 is 1.04 bits per heavy atom. The van der Waals surface area contributed by atoms with E-state index in [2.05, 4.69) is 54.8 Å². The lowest BCUT2D eigenvalue weighted by Gasteiger charge is -2.11. The van der Waals surface area contributed by atoms with Crippen LogP contribution in [-0.4, -0.2) is 17.1 Å². The maximum Gasteiger partial charge on any atom is 0.354 e. The van der Waals surface area contributed by atoms with Gasteiger partial charge in [-0.25, -0.2) is 4.79 Å². The maximum atomic E-state index is 12.3. The number of carbonyl (C=O) groups excluding carboxylic acids is 1. The molecule has 1 heterocycles. The van der Waals surface area contributed by atoms with E-state index in [0.29, 0.717) is 18.8 Å². The van der Waals surface area contributed by atoms with Crippen molar-refractivity contribution in [1.82, 2.24) is 4.57 Å². The predicted octanol–water partition coefficient (Wildman–Crippen LogP) is 4.48. The first kappa shape index (κ1) is 15.3. The third-order valence-electron chi connectivity index (χ3n) is 3.97. The van der Waals surface area contributed by atoms with Crippen LogP contribution in [0.2, 0.25) is 0 Å². The van der Waals surface area contributed by atoms with Crippen LogP contribution in [-0.2, 0) is 11.3 Å². The number of nitrogens with zero attached hydrogens (tertiary/aromatic N) is 1. The molecule has 0 amide bonds. The Morgan fingerprint density at radius 2 is 1.83 bits per heavy atom. The van der Waals surface area contributed by atoms with Gasteiger partial charge >= 0.3 is 5.97 Å². The fourth-order valence-corrected chi connectivity index (χ4v) is 2.90. The second kappa shape index (κ2) is 6.29. The Hall–Kier alpha value is -2.55. The van der Waals surface area contributed by atoms with Gasteiger partial charge in [-0.1, -0.05) is 42.0 Å². The molecule has 0 atom stereocenters. The summed E-state index contributed by atoms with van der Waals surface area (Å²) in [4.78, 5) is 12.3. The summed E-state index contributed by atoms with van der Waals surface area (Å²) in [5, 5.41) is 1.06. The minimum Gasteiger partial charge on any atom is -0.461 e. The van der Waals surface area contributed by atoms with Crippen LogP contribution >= 0.6 is 0 Å². The number of carbonyl (C=O) groups is 1. The monoisotopic (exact) mass is 307 g/mol. The molecule has 3 heteroatoms. The fourth-order valence-electron chi connectivity index (χ4n) is 2.90. The van der Waals surface area contributed by atoms with E-state index < -0.39 is 0 Å². The summed E-state index contributed by atoms with van der Waals surface area (Å²) < 4.78 is 7.28. The number of ether oxygens (including phenoxy) is 1. The Bertz CT molecular complexity index is 861. The van der Waals surface area contributed by atoms with Gasteiger partial charge in [-0.2, -0.15) is 0 Å². The number of rotatable bonds is 4. The highest BCUT2D eigenvalue weighted by Gasteiger charge is 2.17. The van der Waals surface area contributed by atoms with Crippen molar-refractivity contribution in [3.63, 3.8) is 0 Å². The van der Waals surface area contributed by atoms with Gasteiger partial charge in [-0.3, -0.25) is 0 Å². The summed E-state index contributed by atoms with van der Waals surface area (Å²) in [5.41, 5.74) is 5.24. The molecule has 3 nitrogen and oxygen atoms in total. The average molecular weight is 307 g/mol. The molecular formula is C20H21NO2. The molecule has 118 valence electrons. The first-order chi connectivity index (χ1) is 11.1. The largest absolute Gasteiger partial charge is 0.461 e. The number of aromatic nitrogens is 1. The molecule has 1 aromatic heterocycles. The van der Waals surface area contributed by atoms with Crippen LogP contribution in [0.5, 0.6) is 0 Å². The molecule has 0 bridgehead atoms. The lowest BCUT2D eigenvalue weighted by molar-refractivity contribution is 0.0515. The van der Waals surface area contributed by atoms with Gasteiger partial charge in [-0.15, -0.1) is 0 Å². The maximum absolute atomic E-state index is 12.3. The van der Waals surface area contributed by atoms with Crippen LogP contribution in [0.1, 0.15) is 34.1 Å². The zero-order valence-electron chi connectivity index (χ0n) is 13.8. The van der Waals surface area contributed by atoms with Crippen LogP contribution in [0.25, 0.3) is 10.9 Å². The molecule has 0 aliphatic heterocycles. The zero-order chi connectivity index (χ0) is 16.4. The highest BCUT2D eigenvalue weighted by atomic mass is 16.5. The minimum atomic E-state index is -0.269. The molecule has 0 aliphatic carbocycles. The Morgan fingerprint density at radius 3 is 2.57 bits per heavy atom. The number of hydrogen-bond acceptors (Lipinski definition) is 2. The fraction of sp³-hybridized carbons (Fsp3) is 0.250. The van der Waals surface area contributed by atoms with Gasteiger partial charge in [0.05, 0.1) is 6.61 Å². The lowest BCUT2D eigenvalue weighted by atomic mass is 10.1. The van der Waals surface area contributed by atoms with Crippen LogP contribution < -0.4 is 0 Å². The van der Waals surface area contributed by atoms with Crippen molar-refractivity contribution in [2.75, 3.05) is 6.61 Å². The summed E-state index contributed by atoms with van der Waals surface area (Å²) in [6.07, 6.45) is 0. The smallest absolute Gasteiger partial charge is 0.354 e. The first-order valence-electron chi connectivity index (χ1n) is 7.91. The van der Waals surface area contributed by atoms with Crippen molar-refractivity contribution in [1.29, 1.82) is 0 Å². The Kier molecular flexibility index (Phi) is 4.20. The van der Waals surface area contributed by atoms with Crippen LogP contribution in [0.3, 0.4) is 0 Å². The van der Waals surface area contributed by atoms with Crippen molar-refractivity contribution in [2.45, 2.75) is 27.3 Å². The summed E-state index contributed by atoms with van der Waals surface area (Å²) in [6, 6.07) is 16.5. The molecule has 0 N–H and O–H groups in total. The second-order valence-electron chi connectivity index (χ2n) is 5.89. The van der Waals surface area contributed by atoms with Crippen molar-refractivity contribution >= 4 is 16.9 Å². The van der Waals surface area contributed by atoms with E-state index in [1.165, 1.54) is 16.7 Å². The number of esters is 1. The molecule has 0 spiro atoms. The topological polar surface area (TPSA) is 31.2 Å². The average Bonchev–Trinajstić information content (AvgIpc) is 2.86. The van der Waals surface area contributed by atoms with E-state index >= 15 is 0 Å². The molecule has 2 aromatic carbocycles. The molecule has 0 unspecified atom stereocenters. The van der Waals surface area contributed by atoms with Gasteiger partial charge < -0.3 is 9.30 Å². The lowest BCUT2D eigenvalue weighted by Crippen LogP contribution is -2.13. The van der Waals surface area contributed by atoms with Gasteiger partial charge in [0.1, 0.15) is 5.69 Å². The van der Waals surface area contributed by atoms with Gasteiger partial charge in [0.2, 0.25) is 0 Å². The Balaban J connectivity index is 2.13. The predicted molar refractivity (Wildman–Crippen MR) is 92.9 cm³/mol. The van der Waals surface area contributed by atoms with Crippen molar-refractivity contribution in [3.8, 4) is 0 Å². The third kappa shape index (κ3) is 3.14. The van der Waals surface area contributed by atoms with E-state index in [9.17, 15) is 4.79 Å². The van der Waals surface area contributed by atoms with Gasteiger partial charge in [0, 0.05) is 17.4 Å². The number of aryl methyl sites for hydroxylation is 2. The number of benzene rings is 2. The van der Waals surface area contributed by atoms with E-state index in [-0.39, 0.29) is 5.97 Å². The van der Waals surface area contributed by atoms with E-state index in [1.807, 2.05) is 19.1 Å². The van der Waals surface area contributed by atoms with Crippen LogP contribution in [0, 0.1) is 13.8 Å². The highest BCUT2D eigenvalue weighted by Crippen LogP contribution is 2.23. The number of hydrogen-bond donors (Lipinski definition) is 0. The summed E-state index contributed by atoms with van der Waals surface area (Å²) >= 11 is 0. The van der Waals surface area contributed by atoms with Crippen molar-refractivity contribution in [2.24, 2.45) is 0 Å². The molecule has 3 rings (SSSR count). The quantitative estimate of drug-likeness (QED) is 0.665. The van der Waals surface area contributed by atoms with Gasteiger partial charge in [0.15, 0.2) is 0 Å². The molecule has 3 aromatic rings. The molecule has 23 heavy (non-hydrogen) atoms. The van der Waals surface area contributed by atoms with E-state index in [4.69, 9.17) is 4.74 Å². The normalized spacial score (nSPS) is 10.9. The first-order valence-corrected chi connectivity index (χ1v) is 7.91.